The van der Waals surface area contributed by atoms with Crippen LogP contribution in [0.4, 0.5) is 0 Å². The van der Waals surface area contributed by atoms with E-state index in [0.29, 0.717) is 12.2 Å². The van der Waals surface area contributed by atoms with Crippen molar-refractivity contribution in [2.75, 3.05) is 13.2 Å². The van der Waals surface area contributed by atoms with Crippen LogP contribution in [0, 0.1) is 5.92 Å². The Bertz CT molecular complexity index is 261. The van der Waals surface area contributed by atoms with Crippen molar-refractivity contribution >= 4 is 0 Å². The minimum atomic E-state index is -0.374. The first-order valence-corrected chi connectivity index (χ1v) is 8.10. The van der Waals surface area contributed by atoms with E-state index in [9.17, 15) is 0 Å². The number of epoxide rings is 1. The Kier molecular flexibility index (Phi) is 5.67. The van der Waals surface area contributed by atoms with Crippen molar-refractivity contribution in [3.63, 3.8) is 0 Å². The molecule has 0 aromatic heterocycles. The van der Waals surface area contributed by atoms with Crippen LogP contribution in [-0.2, 0) is 14.2 Å². The summed E-state index contributed by atoms with van der Waals surface area (Å²) in [5, 5.41) is 0. The van der Waals surface area contributed by atoms with Crippen molar-refractivity contribution in [2.24, 2.45) is 5.92 Å². The van der Waals surface area contributed by atoms with Crippen LogP contribution >= 0.6 is 0 Å². The van der Waals surface area contributed by atoms with Gasteiger partial charge in [-0.2, -0.15) is 0 Å². The van der Waals surface area contributed by atoms with Gasteiger partial charge in [-0.3, -0.25) is 0 Å². The van der Waals surface area contributed by atoms with Gasteiger partial charge in [0.25, 0.3) is 0 Å². The Labute approximate surface area is 118 Å². The Morgan fingerprint density at radius 1 is 1.05 bits per heavy atom. The highest BCUT2D eigenvalue weighted by Gasteiger charge is 2.43. The number of hydrogen-bond donors (Lipinski definition) is 0. The van der Waals surface area contributed by atoms with Gasteiger partial charge < -0.3 is 14.2 Å². The number of rotatable bonds is 9. The summed E-state index contributed by atoms with van der Waals surface area (Å²) in [6.45, 7) is 7.58. The van der Waals surface area contributed by atoms with Crippen LogP contribution in [0.1, 0.15) is 65.7 Å². The first kappa shape index (κ1) is 15.3. The van der Waals surface area contributed by atoms with Crippen LogP contribution in [0.2, 0.25) is 0 Å². The SMILES string of the molecule is CCOC(C)(CCCCC1CCC2OC2C1)OCC. The molecule has 0 spiro atoms. The molecule has 3 heteroatoms. The average Bonchev–Trinajstić information content (AvgIpc) is 3.14. The van der Waals surface area contributed by atoms with E-state index < -0.39 is 0 Å². The van der Waals surface area contributed by atoms with Crippen molar-refractivity contribution < 1.29 is 14.2 Å². The number of fused-ring (bicyclic) bond motifs is 1. The smallest absolute Gasteiger partial charge is 0.165 e. The van der Waals surface area contributed by atoms with Gasteiger partial charge >= 0.3 is 0 Å². The third kappa shape index (κ3) is 4.73. The van der Waals surface area contributed by atoms with Crippen molar-refractivity contribution in [3.8, 4) is 0 Å². The molecule has 3 nitrogen and oxygen atoms in total. The van der Waals surface area contributed by atoms with Crippen LogP contribution in [-0.4, -0.2) is 31.2 Å². The summed E-state index contributed by atoms with van der Waals surface area (Å²) in [5.41, 5.74) is 0. The van der Waals surface area contributed by atoms with E-state index in [4.69, 9.17) is 14.2 Å². The maximum Gasteiger partial charge on any atom is 0.165 e. The molecule has 0 bridgehead atoms. The molecular formula is C16H30O3. The zero-order chi connectivity index (χ0) is 13.7. The highest BCUT2D eigenvalue weighted by Crippen LogP contribution is 2.41. The summed E-state index contributed by atoms with van der Waals surface area (Å²) >= 11 is 0. The van der Waals surface area contributed by atoms with Crippen LogP contribution in [0.3, 0.4) is 0 Å². The van der Waals surface area contributed by atoms with E-state index in [1.165, 1.54) is 38.5 Å². The Balaban J connectivity index is 1.59. The van der Waals surface area contributed by atoms with E-state index in [2.05, 4.69) is 6.92 Å². The van der Waals surface area contributed by atoms with Crippen LogP contribution < -0.4 is 0 Å². The molecular weight excluding hydrogens is 240 g/mol. The van der Waals surface area contributed by atoms with Gasteiger partial charge in [0.15, 0.2) is 5.79 Å². The standard InChI is InChI=1S/C16H30O3/c1-4-17-16(3,18-5-2)11-7-6-8-13-9-10-14-15(12-13)19-14/h13-15H,4-12H2,1-3H3. The second-order valence-corrected chi connectivity index (χ2v) is 6.14. The molecule has 0 N–H and O–H groups in total. The Morgan fingerprint density at radius 2 is 1.79 bits per heavy atom. The van der Waals surface area contributed by atoms with Crippen LogP contribution in [0.15, 0.2) is 0 Å². The number of ether oxygens (including phenoxy) is 3. The monoisotopic (exact) mass is 270 g/mol. The molecule has 2 aliphatic rings. The fourth-order valence-electron chi connectivity index (χ4n) is 3.42. The largest absolute Gasteiger partial charge is 0.370 e. The molecule has 0 radical (unpaired) electrons. The molecule has 112 valence electrons. The molecule has 1 heterocycles. The molecule has 3 unspecified atom stereocenters. The minimum Gasteiger partial charge on any atom is -0.370 e. The Morgan fingerprint density at radius 3 is 2.42 bits per heavy atom. The van der Waals surface area contributed by atoms with Gasteiger partial charge in [-0.15, -0.1) is 0 Å². The van der Waals surface area contributed by atoms with Gasteiger partial charge in [0.2, 0.25) is 0 Å². The molecule has 1 aliphatic heterocycles. The molecule has 1 saturated heterocycles. The van der Waals surface area contributed by atoms with E-state index in [1.54, 1.807) is 0 Å². The van der Waals surface area contributed by atoms with Gasteiger partial charge in [0.05, 0.1) is 12.2 Å². The van der Waals surface area contributed by atoms with E-state index in [0.717, 1.165) is 25.6 Å². The molecule has 2 rings (SSSR count). The first-order valence-electron chi connectivity index (χ1n) is 8.10. The summed E-state index contributed by atoms with van der Waals surface area (Å²) < 4.78 is 17.1. The summed E-state index contributed by atoms with van der Waals surface area (Å²) in [7, 11) is 0. The van der Waals surface area contributed by atoms with Crippen LogP contribution in [0.25, 0.3) is 0 Å². The summed E-state index contributed by atoms with van der Waals surface area (Å²) in [5.74, 6) is 0.523. The lowest BCUT2D eigenvalue weighted by molar-refractivity contribution is -0.225. The van der Waals surface area contributed by atoms with Gasteiger partial charge in [-0.05, 0) is 52.4 Å². The van der Waals surface area contributed by atoms with Crippen molar-refractivity contribution in [3.05, 3.63) is 0 Å². The number of hydrogen-bond acceptors (Lipinski definition) is 3. The first-order chi connectivity index (χ1) is 9.17. The fraction of sp³-hybridized carbons (Fsp3) is 1.00. The van der Waals surface area contributed by atoms with Crippen LogP contribution in [0.5, 0.6) is 0 Å². The van der Waals surface area contributed by atoms with Crippen molar-refractivity contribution in [1.29, 1.82) is 0 Å². The quantitative estimate of drug-likeness (QED) is 0.362. The highest BCUT2D eigenvalue weighted by atomic mass is 16.7. The number of unbranched alkanes of at least 4 members (excludes halogenated alkanes) is 1. The van der Waals surface area contributed by atoms with Crippen molar-refractivity contribution in [1.82, 2.24) is 0 Å². The molecule has 0 amide bonds. The average molecular weight is 270 g/mol. The lowest BCUT2D eigenvalue weighted by Gasteiger charge is -2.29. The van der Waals surface area contributed by atoms with Gasteiger partial charge in [0.1, 0.15) is 0 Å². The highest BCUT2D eigenvalue weighted by molar-refractivity contribution is 4.91. The molecule has 1 aliphatic carbocycles. The minimum absolute atomic E-state index is 0.374. The normalized spacial score (nSPS) is 30.2. The van der Waals surface area contributed by atoms with E-state index in [-0.39, 0.29) is 5.79 Å². The summed E-state index contributed by atoms with van der Waals surface area (Å²) in [4.78, 5) is 0. The van der Waals surface area contributed by atoms with Gasteiger partial charge in [-0.1, -0.05) is 12.8 Å². The van der Waals surface area contributed by atoms with Crippen molar-refractivity contribution in [2.45, 2.75) is 83.7 Å². The third-order valence-corrected chi connectivity index (χ3v) is 4.51. The predicted octanol–water partition coefficient (Wildman–Crippen LogP) is 3.90. The zero-order valence-corrected chi connectivity index (χ0v) is 12.8. The molecule has 19 heavy (non-hydrogen) atoms. The lowest BCUT2D eigenvalue weighted by Crippen LogP contribution is -2.32. The maximum absolute atomic E-state index is 5.74. The fourth-order valence-corrected chi connectivity index (χ4v) is 3.42. The van der Waals surface area contributed by atoms with E-state index in [1.807, 2.05) is 13.8 Å². The molecule has 0 aromatic carbocycles. The van der Waals surface area contributed by atoms with Gasteiger partial charge in [-0.25, -0.2) is 0 Å². The second kappa shape index (κ2) is 7.05. The molecule has 2 fully saturated rings. The van der Waals surface area contributed by atoms with Gasteiger partial charge in [0, 0.05) is 19.6 Å². The molecule has 3 atom stereocenters. The van der Waals surface area contributed by atoms with E-state index >= 15 is 0 Å². The predicted molar refractivity (Wildman–Crippen MR) is 76.1 cm³/mol. The second-order valence-electron chi connectivity index (χ2n) is 6.14. The topological polar surface area (TPSA) is 31.0 Å². The zero-order valence-electron chi connectivity index (χ0n) is 12.8. The molecule has 0 aromatic rings. The molecule has 1 saturated carbocycles. The third-order valence-electron chi connectivity index (χ3n) is 4.51. The lowest BCUT2D eigenvalue weighted by atomic mass is 9.85. The maximum atomic E-state index is 5.74. The summed E-state index contributed by atoms with van der Waals surface area (Å²) in [6.07, 6.45) is 10.1. The Hall–Kier alpha value is -0.120. The summed E-state index contributed by atoms with van der Waals surface area (Å²) in [6, 6.07) is 0.